The Hall–Kier alpha value is -2.08. The third kappa shape index (κ3) is 6.50. The molecule has 0 radical (unpaired) electrons. The Balaban J connectivity index is 1.76. The van der Waals surface area contributed by atoms with Gasteiger partial charge in [0.05, 0.1) is 34.0 Å². The number of aliphatic hydroxyl groups excluding tert-OH is 8. The van der Waals surface area contributed by atoms with E-state index in [0.717, 1.165) is 0 Å². The standard InChI is InChI=1S/C23H34O14/c1-32-11-6-10(4-3-5-24)7-12(33-2)21(11)37-23-20(31)18(29)16(27)14(36-23)9-34-22-19(30)17(28)15(26)13(8-25)35-22/h3-4,6-7,13-20,22-31H,5,8-9H2,1-2H3/t13-,14+,15-,16+,17-,18+,19+,20+,22+,23-/m0/s1. The number of rotatable bonds is 10. The highest BCUT2D eigenvalue weighted by molar-refractivity contribution is 5.62. The van der Waals surface area contributed by atoms with Crippen LogP contribution in [0, 0.1) is 0 Å². The number of benzene rings is 1. The average Bonchev–Trinajstić information content (AvgIpc) is 2.91. The lowest BCUT2D eigenvalue weighted by Gasteiger charge is -2.42. The summed E-state index contributed by atoms with van der Waals surface area (Å²) in [5.74, 6) is 0.386. The van der Waals surface area contributed by atoms with E-state index in [2.05, 4.69) is 0 Å². The van der Waals surface area contributed by atoms with Crippen LogP contribution in [0.3, 0.4) is 0 Å². The first kappa shape index (κ1) is 29.5. The van der Waals surface area contributed by atoms with Crippen LogP contribution < -0.4 is 14.2 Å². The van der Waals surface area contributed by atoms with Gasteiger partial charge in [-0.3, -0.25) is 0 Å². The molecule has 1 aromatic rings. The Labute approximate surface area is 212 Å². The predicted molar refractivity (Wildman–Crippen MR) is 123 cm³/mol. The van der Waals surface area contributed by atoms with E-state index >= 15 is 0 Å². The minimum atomic E-state index is -1.73. The summed E-state index contributed by atoms with van der Waals surface area (Å²) < 4.78 is 32.8. The molecule has 37 heavy (non-hydrogen) atoms. The maximum absolute atomic E-state index is 10.5. The summed E-state index contributed by atoms with van der Waals surface area (Å²) in [6.07, 6.45) is -12.5. The van der Waals surface area contributed by atoms with Crippen molar-refractivity contribution >= 4 is 6.08 Å². The zero-order chi connectivity index (χ0) is 27.3. The molecule has 2 aliphatic heterocycles. The number of aliphatic hydroxyl groups is 8. The molecule has 2 fully saturated rings. The van der Waals surface area contributed by atoms with Crippen LogP contribution >= 0.6 is 0 Å². The van der Waals surface area contributed by atoms with E-state index in [1.165, 1.54) is 20.3 Å². The first-order valence-electron chi connectivity index (χ1n) is 11.5. The summed E-state index contributed by atoms with van der Waals surface area (Å²) in [6, 6.07) is 3.15. The van der Waals surface area contributed by atoms with Gasteiger partial charge in [-0.15, -0.1) is 0 Å². The highest BCUT2D eigenvalue weighted by Gasteiger charge is 2.48. The van der Waals surface area contributed by atoms with E-state index < -0.39 is 74.6 Å². The molecule has 10 atom stereocenters. The summed E-state index contributed by atoms with van der Waals surface area (Å²) in [7, 11) is 2.74. The molecule has 0 aliphatic carbocycles. The molecule has 0 bridgehead atoms. The Kier molecular flexibility index (Phi) is 10.5. The van der Waals surface area contributed by atoms with E-state index in [0.29, 0.717) is 5.56 Å². The third-order valence-corrected chi connectivity index (χ3v) is 6.07. The fraction of sp³-hybridized carbons (Fsp3) is 0.652. The monoisotopic (exact) mass is 534 g/mol. The Morgan fingerprint density at radius 1 is 0.757 bits per heavy atom. The molecule has 1 aromatic carbocycles. The second-order valence-corrected chi connectivity index (χ2v) is 8.50. The lowest BCUT2D eigenvalue weighted by Crippen LogP contribution is -2.62. The first-order valence-corrected chi connectivity index (χ1v) is 11.5. The fourth-order valence-corrected chi connectivity index (χ4v) is 3.96. The third-order valence-electron chi connectivity index (χ3n) is 6.07. The van der Waals surface area contributed by atoms with Crippen molar-refractivity contribution in [3.63, 3.8) is 0 Å². The summed E-state index contributed by atoms with van der Waals surface area (Å²) in [5, 5.41) is 79.6. The van der Waals surface area contributed by atoms with E-state index in [9.17, 15) is 35.7 Å². The van der Waals surface area contributed by atoms with Crippen LogP contribution in [0.5, 0.6) is 17.2 Å². The van der Waals surface area contributed by atoms with E-state index in [1.54, 1.807) is 18.2 Å². The zero-order valence-corrected chi connectivity index (χ0v) is 20.2. The van der Waals surface area contributed by atoms with Crippen LogP contribution in [0.2, 0.25) is 0 Å². The molecule has 0 amide bonds. The van der Waals surface area contributed by atoms with Gasteiger partial charge in [-0.1, -0.05) is 12.2 Å². The van der Waals surface area contributed by atoms with Crippen LogP contribution in [-0.2, 0) is 14.2 Å². The van der Waals surface area contributed by atoms with Crippen molar-refractivity contribution in [1.29, 1.82) is 0 Å². The van der Waals surface area contributed by atoms with Crippen molar-refractivity contribution < 1.29 is 69.3 Å². The van der Waals surface area contributed by atoms with Gasteiger partial charge in [-0.2, -0.15) is 0 Å². The second kappa shape index (κ2) is 13.1. The number of hydrogen-bond acceptors (Lipinski definition) is 14. The zero-order valence-electron chi connectivity index (χ0n) is 20.2. The van der Waals surface area contributed by atoms with Crippen LogP contribution in [0.25, 0.3) is 6.08 Å². The minimum Gasteiger partial charge on any atom is -0.493 e. The number of hydrogen-bond donors (Lipinski definition) is 8. The molecule has 2 heterocycles. The maximum Gasteiger partial charge on any atom is 0.229 e. The molecule has 8 N–H and O–H groups in total. The number of methoxy groups -OCH3 is 2. The second-order valence-electron chi connectivity index (χ2n) is 8.50. The molecular weight excluding hydrogens is 500 g/mol. The van der Waals surface area contributed by atoms with Gasteiger partial charge in [0.15, 0.2) is 17.8 Å². The van der Waals surface area contributed by atoms with Gasteiger partial charge < -0.3 is 69.3 Å². The van der Waals surface area contributed by atoms with Gasteiger partial charge in [0.2, 0.25) is 12.0 Å². The van der Waals surface area contributed by atoms with Crippen molar-refractivity contribution in [2.75, 3.05) is 34.0 Å². The molecule has 3 rings (SSSR count). The highest BCUT2D eigenvalue weighted by Crippen LogP contribution is 2.41. The van der Waals surface area contributed by atoms with Crippen molar-refractivity contribution in [3.05, 3.63) is 23.8 Å². The molecule has 0 spiro atoms. The summed E-state index contributed by atoms with van der Waals surface area (Å²) >= 11 is 0. The molecular formula is C23H34O14. The molecule has 2 saturated heterocycles. The molecule has 14 heteroatoms. The molecule has 210 valence electrons. The van der Waals surface area contributed by atoms with Crippen molar-refractivity contribution in [1.82, 2.24) is 0 Å². The topological polar surface area (TPSA) is 217 Å². The molecule has 0 saturated carbocycles. The summed E-state index contributed by atoms with van der Waals surface area (Å²) in [6.45, 7) is -1.35. The normalized spacial score (nSPS) is 36.5. The molecule has 0 aromatic heterocycles. The Bertz CT molecular complexity index is 869. The average molecular weight is 535 g/mol. The van der Waals surface area contributed by atoms with Gasteiger partial charge in [-0.05, 0) is 17.7 Å². The van der Waals surface area contributed by atoms with Crippen molar-refractivity contribution in [2.24, 2.45) is 0 Å². The van der Waals surface area contributed by atoms with Crippen LogP contribution in [0.1, 0.15) is 5.56 Å². The lowest BCUT2D eigenvalue weighted by atomic mass is 9.98. The van der Waals surface area contributed by atoms with Gasteiger partial charge in [-0.25, -0.2) is 0 Å². The largest absolute Gasteiger partial charge is 0.493 e. The van der Waals surface area contributed by atoms with Crippen LogP contribution in [-0.4, -0.2) is 136 Å². The number of ether oxygens (including phenoxy) is 6. The van der Waals surface area contributed by atoms with E-state index in [4.69, 9.17) is 33.5 Å². The quantitative estimate of drug-likeness (QED) is 0.148. The Morgan fingerprint density at radius 2 is 1.30 bits per heavy atom. The van der Waals surface area contributed by atoms with Gasteiger partial charge in [0.1, 0.15) is 48.8 Å². The Morgan fingerprint density at radius 3 is 1.84 bits per heavy atom. The van der Waals surface area contributed by atoms with Crippen LogP contribution in [0.4, 0.5) is 0 Å². The van der Waals surface area contributed by atoms with E-state index in [1.807, 2.05) is 0 Å². The first-order chi connectivity index (χ1) is 17.7. The highest BCUT2D eigenvalue weighted by atomic mass is 16.7. The van der Waals surface area contributed by atoms with Crippen molar-refractivity contribution in [2.45, 2.75) is 61.4 Å². The molecule has 0 unspecified atom stereocenters. The van der Waals surface area contributed by atoms with Crippen LogP contribution in [0.15, 0.2) is 18.2 Å². The predicted octanol–water partition coefficient (Wildman–Crippen LogP) is -3.29. The van der Waals surface area contributed by atoms with Gasteiger partial charge in [0.25, 0.3) is 0 Å². The molecule has 2 aliphatic rings. The maximum atomic E-state index is 10.5. The smallest absolute Gasteiger partial charge is 0.229 e. The van der Waals surface area contributed by atoms with Crippen molar-refractivity contribution in [3.8, 4) is 17.2 Å². The fourth-order valence-electron chi connectivity index (χ4n) is 3.96. The van der Waals surface area contributed by atoms with Gasteiger partial charge >= 0.3 is 0 Å². The van der Waals surface area contributed by atoms with E-state index in [-0.39, 0.29) is 23.9 Å². The lowest BCUT2D eigenvalue weighted by molar-refractivity contribution is -0.323. The SMILES string of the molecule is COc1cc(C=CCO)cc(OC)c1O[C@@H]1O[C@H](CO[C@@H]2O[C@@H](CO)[C@H](O)[C@H](O)[C@H]2O)[C@@H](O)[C@@H](O)[C@H]1O. The minimum absolute atomic E-state index is 0.0207. The summed E-state index contributed by atoms with van der Waals surface area (Å²) in [4.78, 5) is 0. The molecule has 14 nitrogen and oxygen atoms in total. The summed E-state index contributed by atoms with van der Waals surface area (Å²) in [5.41, 5.74) is 0.612. The van der Waals surface area contributed by atoms with Gasteiger partial charge in [0, 0.05) is 0 Å².